The third-order valence-electron chi connectivity index (χ3n) is 1.96. The molecule has 15 heavy (non-hydrogen) atoms. The van der Waals surface area contributed by atoms with E-state index >= 15 is 0 Å². The second-order valence-electron chi connectivity index (χ2n) is 3.79. The molecule has 0 fully saturated rings. The molecule has 0 saturated carbocycles. The molecule has 1 aromatic carbocycles. The Hall–Kier alpha value is -0.570. The number of benzene rings is 1. The number of halogens is 1. The molecule has 0 radical (unpaired) electrons. The minimum absolute atomic E-state index is 0.514. The molecule has 1 N–H and O–H groups in total. The van der Waals surface area contributed by atoms with Gasteiger partial charge in [0.15, 0.2) is 0 Å². The minimum atomic E-state index is 0.514. The highest BCUT2D eigenvalue weighted by atomic mass is 35.5. The van der Waals surface area contributed by atoms with Crippen LogP contribution >= 0.6 is 11.6 Å². The zero-order chi connectivity index (χ0) is 11.1. The summed E-state index contributed by atoms with van der Waals surface area (Å²) in [6.07, 6.45) is 0. The van der Waals surface area contributed by atoms with Crippen molar-refractivity contribution in [1.29, 1.82) is 0 Å². The first-order valence-electron chi connectivity index (χ1n) is 5.24. The molecule has 3 heteroatoms. The molecule has 0 aliphatic heterocycles. The second-order valence-corrected chi connectivity index (χ2v) is 4.23. The van der Waals surface area contributed by atoms with Gasteiger partial charge in [-0.1, -0.05) is 37.6 Å². The first-order valence-corrected chi connectivity index (χ1v) is 5.62. The predicted molar refractivity (Wildman–Crippen MR) is 64.2 cm³/mol. The first kappa shape index (κ1) is 12.5. The summed E-state index contributed by atoms with van der Waals surface area (Å²) in [5.41, 5.74) is 1.12. The van der Waals surface area contributed by atoms with E-state index in [2.05, 4.69) is 19.2 Å². The van der Waals surface area contributed by atoms with Crippen molar-refractivity contribution >= 4 is 11.6 Å². The summed E-state index contributed by atoms with van der Waals surface area (Å²) < 4.78 is 5.50. The Bertz CT molecular complexity index is 289. The number of hydrogen-bond donors (Lipinski definition) is 1. The highest BCUT2D eigenvalue weighted by Crippen LogP contribution is 2.11. The minimum Gasteiger partial charge on any atom is -0.375 e. The lowest BCUT2D eigenvalue weighted by atomic mass is 10.2. The largest absolute Gasteiger partial charge is 0.375 e. The highest BCUT2D eigenvalue weighted by Gasteiger charge is 1.95. The molecule has 0 aliphatic rings. The summed E-state index contributed by atoms with van der Waals surface area (Å²) in [7, 11) is 0. The maximum Gasteiger partial charge on any atom is 0.0718 e. The van der Waals surface area contributed by atoms with Crippen molar-refractivity contribution in [2.24, 2.45) is 0 Å². The average molecular weight is 228 g/mol. The molecule has 0 atom stereocenters. The molecule has 0 spiro atoms. The zero-order valence-electron chi connectivity index (χ0n) is 9.29. The molecule has 84 valence electrons. The van der Waals surface area contributed by atoms with E-state index in [9.17, 15) is 0 Å². The van der Waals surface area contributed by atoms with Crippen LogP contribution in [-0.4, -0.2) is 19.2 Å². The molecule has 0 amide bonds. The molecular weight excluding hydrogens is 210 g/mol. The van der Waals surface area contributed by atoms with Gasteiger partial charge in [-0.2, -0.15) is 0 Å². The van der Waals surface area contributed by atoms with E-state index in [0.717, 1.165) is 23.7 Å². The van der Waals surface area contributed by atoms with E-state index in [1.165, 1.54) is 0 Å². The van der Waals surface area contributed by atoms with Crippen LogP contribution in [-0.2, 0) is 11.3 Å². The van der Waals surface area contributed by atoms with Crippen molar-refractivity contribution in [3.05, 3.63) is 34.9 Å². The number of rotatable bonds is 6. The van der Waals surface area contributed by atoms with Gasteiger partial charge in [0.05, 0.1) is 13.2 Å². The van der Waals surface area contributed by atoms with Crippen LogP contribution in [0.4, 0.5) is 0 Å². The van der Waals surface area contributed by atoms with Crippen LogP contribution in [0.5, 0.6) is 0 Å². The van der Waals surface area contributed by atoms with E-state index in [1.54, 1.807) is 0 Å². The molecule has 0 aromatic heterocycles. The summed E-state index contributed by atoms with van der Waals surface area (Å²) in [6.45, 7) is 6.48. The lowest BCUT2D eigenvalue weighted by Gasteiger charge is -2.08. The van der Waals surface area contributed by atoms with Crippen LogP contribution in [0.3, 0.4) is 0 Å². The standard InChI is InChI=1S/C12H18ClNO/c1-10(2)14-6-7-15-9-11-4-3-5-12(13)8-11/h3-5,8,10,14H,6-7,9H2,1-2H3. The van der Waals surface area contributed by atoms with Crippen LogP contribution in [0.2, 0.25) is 5.02 Å². The lowest BCUT2D eigenvalue weighted by molar-refractivity contribution is 0.121. The summed E-state index contributed by atoms with van der Waals surface area (Å²) >= 11 is 5.86. The second kappa shape index (κ2) is 6.83. The molecule has 0 unspecified atom stereocenters. The summed E-state index contributed by atoms with van der Waals surface area (Å²) in [6, 6.07) is 8.26. The van der Waals surface area contributed by atoms with Crippen molar-refractivity contribution in [3.63, 3.8) is 0 Å². The van der Waals surface area contributed by atoms with E-state index in [-0.39, 0.29) is 0 Å². The van der Waals surface area contributed by atoms with Crippen LogP contribution < -0.4 is 5.32 Å². The van der Waals surface area contributed by atoms with Gasteiger partial charge >= 0.3 is 0 Å². The Morgan fingerprint density at radius 2 is 2.20 bits per heavy atom. The van der Waals surface area contributed by atoms with Gasteiger partial charge in [-0.25, -0.2) is 0 Å². The van der Waals surface area contributed by atoms with Crippen molar-refractivity contribution in [2.75, 3.05) is 13.2 Å². The number of nitrogens with one attached hydrogen (secondary N) is 1. The van der Waals surface area contributed by atoms with Crippen molar-refractivity contribution in [3.8, 4) is 0 Å². The third-order valence-corrected chi connectivity index (χ3v) is 2.19. The molecular formula is C12H18ClNO. The van der Waals surface area contributed by atoms with Gasteiger partial charge in [0.25, 0.3) is 0 Å². The number of hydrogen-bond acceptors (Lipinski definition) is 2. The summed E-state index contributed by atoms with van der Waals surface area (Å²) in [4.78, 5) is 0. The van der Waals surface area contributed by atoms with Crippen molar-refractivity contribution < 1.29 is 4.74 Å². The van der Waals surface area contributed by atoms with Crippen molar-refractivity contribution in [1.82, 2.24) is 5.32 Å². The van der Waals surface area contributed by atoms with Gasteiger partial charge in [0.2, 0.25) is 0 Å². The Morgan fingerprint density at radius 3 is 2.87 bits per heavy atom. The van der Waals surface area contributed by atoms with Gasteiger partial charge < -0.3 is 10.1 Å². The smallest absolute Gasteiger partial charge is 0.0718 e. The Kier molecular flexibility index (Phi) is 5.69. The van der Waals surface area contributed by atoms with Gasteiger partial charge in [-0.05, 0) is 17.7 Å². The van der Waals surface area contributed by atoms with E-state index in [0.29, 0.717) is 12.6 Å². The predicted octanol–water partition coefficient (Wildman–Crippen LogP) is 2.85. The fourth-order valence-corrected chi connectivity index (χ4v) is 1.45. The Morgan fingerprint density at radius 1 is 1.40 bits per heavy atom. The van der Waals surface area contributed by atoms with Crippen LogP contribution in [0.25, 0.3) is 0 Å². The van der Waals surface area contributed by atoms with Gasteiger partial charge in [-0.3, -0.25) is 0 Å². The molecule has 1 aromatic rings. The quantitative estimate of drug-likeness (QED) is 0.755. The average Bonchev–Trinajstić information content (AvgIpc) is 2.17. The normalized spacial score (nSPS) is 10.9. The lowest BCUT2D eigenvalue weighted by Crippen LogP contribution is -2.26. The first-order chi connectivity index (χ1) is 7.18. The van der Waals surface area contributed by atoms with Crippen molar-refractivity contribution in [2.45, 2.75) is 26.5 Å². The maximum absolute atomic E-state index is 5.86. The molecule has 0 heterocycles. The molecule has 0 aliphatic carbocycles. The van der Waals surface area contributed by atoms with Gasteiger partial charge in [0, 0.05) is 17.6 Å². The zero-order valence-corrected chi connectivity index (χ0v) is 10.1. The number of ether oxygens (including phenoxy) is 1. The molecule has 1 rings (SSSR count). The Balaban J connectivity index is 2.15. The van der Waals surface area contributed by atoms with E-state index in [1.807, 2.05) is 24.3 Å². The fourth-order valence-electron chi connectivity index (χ4n) is 1.24. The fraction of sp³-hybridized carbons (Fsp3) is 0.500. The highest BCUT2D eigenvalue weighted by molar-refractivity contribution is 6.30. The van der Waals surface area contributed by atoms with Crippen LogP contribution in [0.1, 0.15) is 19.4 Å². The van der Waals surface area contributed by atoms with Gasteiger partial charge in [0.1, 0.15) is 0 Å². The monoisotopic (exact) mass is 227 g/mol. The topological polar surface area (TPSA) is 21.3 Å². The SMILES string of the molecule is CC(C)NCCOCc1cccc(Cl)c1. The van der Waals surface area contributed by atoms with Crippen LogP contribution in [0.15, 0.2) is 24.3 Å². The molecule has 0 bridgehead atoms. The Labute approximate surface area is 96.6 Å². The van der Waals surface area contributed by atoms with E-state index in [4.69, 9.17) is 16.3 Å². The maximum atomic E-state index is 5.86. The summed E-state index contributed by atoms with van der Waals surface area (Å²) in [5, 5.41) is 4.05. The third kappa shape index (κ3) is 5.78. The van der Waals surface area contributed by atoms with Gasteiger partial charge in [-0.15, -0.1) is 0 Å². The van der Waals surface area contributed by atoms with Crippen LogP contribution in [0, 0.1) is 0 Å². The van der Waals surface area contributed by atoms with E-state index < -0.39 is 0 Å². The molecule has 0 saturated heterocycles. The molecule has 2 nitrogen and oxygen atoms in total. The summed E-state index contributed by atoms with van der Waals surface area (Å²) in [5.74, 6) is 0.